The number of carbonyl (C=O) groups is 2. The summed E-state index contributed by atoms with van der Waals surface area (Å²) in [4.78, 5) is 21.6. The molecule has 0 saturated carbocycles. The van der Waals surface area contributed by atoms with Crippen LogP contribution < -0.4 is 15.4 Å². The van der Waals surface area contributed by atoms with E-state index in [0.29, 0.717) is 6.54 Å². The second kappa shape index (κ2) is 5.60. The number of urea groups is 1. The van der Waals surface area contributed by atoms with Gasteiger partial charge in [-0.25, -0.2) is 4.79 Å². The number of carboxylic acids is 1. The van der Waals surface area contributed by atoms with E-state index in [1.807, 2.05) is 19.1 Å². The minimum absolute atomic E-state index is 0.104. The molecular formula is C13H16N2O4. The van der Waals surface area contributed by atoms with Gasteiger partial charge in [-0.2, -0.15) is 0 Å². The fraction of sp³-hybridized carbons (Fsp3) is 0.385. The summed E-state index contributed by atoms with van der Waals surface area (Å²) in [6.45, 7) is 1.97. The van der Waals surface area contributed by atoms with Gasteiger partial charge in [-0.3, -0.25) is 4.79 Å². The monoisotopic (exact) mass is 264 g/mol. The first kappa shape index (κ1) is 13.2. The van der Waals surface area contributed by atoms with Crippen LogP contribution in [0.2, 0.25) is 0 Å². The van der Waals surface area contributed by atoms with Crippen LogP contribution in [-0.4, -0.2) is 36.3 Å². The summed E-state index contributed by atoms with van der Waals surface area (Å²) in [7, 11) is 0. The SMILES string of the molecule is Cc1ccc2c(c1)CC(CNC(=O)NCC(=O)O)O2. The maximum Gasteiger partial charge on any atom is 0.323 e. The Morgan fingerprint density at radius 1 is 1.42 bits per heavy atom. The Hall–Kier alpha value is -2.24. The number of carbonyl (C=O) groups excluding carboxylic acids is 1. The molecule has 2 rings (SSSR count). The highest BCUT2D eigenvalue weighted by Crippen LogP contribution is 2.29. The molecule has 0 fully saturated rings. The van der Waals surface area contributed by atoms with Gasteiger partial charge in [0.25, 0.3) is 0 Å². The number of nitrogens with one attached hydrogen (secondary N) is 2. The summed E-state index contributed by atoms with van der Waals surface area (Å²) in [5, 5.41) is 13.2. The summed E-state index contributed by atoms with van der Waals surface area (Å²) in [6, 6.07) is 5.47. The molecule has 0 bridgehead atoms. The van der Waals surface area contributed by atoms with Gasteiger partial charge in [-0.1, -0.05) is 17.7 Å². The number of aryl methyl sites for hydroxylation is 1. The van der Waals surface area contributed by atoms with Gasteiger partial charge in [-0.05, 0) is 18.6 Å². The lowest BCUT2D eigenvalue weighted by atomic mass is 10.1. The van der Waals surface area contributed by atoms with Crippen LogP contribution in [0.4, 0.5) is 4.79 Å². The summed E-state index contributed by atoms with van der Waals surface area (Å²) in [5.41, 5.74) is 2.31. The number of carboxylic acid groups (broad SMARTS) is 1. The third kappa shape index (κ3) is 3.61. The average Bonchev–Trinajstić information content (AvgIpc) is 2.75. The highest BCUT2D eigenvalue weighted by atomic mass is 16.5. The molecule has 0 spiro atoms. The maximum atomic E-state index is 11.3. The lowest BCUT2D eigenvalue weighted by Crippen LogP contribution is -2.42. The van der Waals surface area contributed by atoms with Crippen LogP contribution in [0.25, 0.3) is 0 Å². The minimum Gasteiger partial charge on any atom is -0.488 e. The van der Waals surface area contributed by atoms with Gasteiger partial charge < -0.3 is 20.5 Å². The van der Waals surface area contributed by atoms with Crippen LogP contribution in [0.5, 0.6) is 5.75 Å². The standard InChI is InChI=1S/C13H16N2O4/c1-8-2-3-11-9(4-8)5-10(19-11)6-14-13(18)15-7-12(16)17/h2-4,10H,5-7H2,1H3,(H,16,17)(H2,14,15,18). The summed E-state index contributed by atoms with van der Waals surface area (Å²) in [5.74, 6) is -0.224. The van der Waals surface area contributed by atoms with Gasteiger partial charge in [0.2, 0.25) is 0 Å². The van der Waals surface area contributed by atoms with E-state index in [2.05, 4.69) is 16.7 Å². The van der Waals surface area contributed by atoms with Crippen molar-refractivity contribution in [3.05, 3.63) is 29.3 Å². The predicted octanol–water partition coefficient (Wildman–Crippen LogP) is 0.682. The van der Waals surface area contributed by atoms with Gasteiger partial charge in [-0.15, -0.1) is 0 Å². The third-order valence-electron chi connectivity index (χ3n) is 2.85. The molecule has 0 radical (unpaired) electrons. The molecule has 0 aliphatic carbocycles. The number of benzene rings is 1. The minimum atomic E-state index is -1.07. The Morgan fingerprint density at radius 3 is 2.95 bits per heavy atom. The van der Waals surface area contributed by atoms with Gasteiger partial charge in [0.15, 0.2) is 0 Å². The number of hydrogen-bond donors (Lipinski definition) is 3. The van der Waals surface area contributed by atoms with Crippen molar-refractivity contribution in [1.82, 2.24) is 10.6 Å². The van der Waals surface area contributed by atoms with E-state index in [1.165, 1.54) is 5.56 Å². The number of fused-ring (bicyclic) bond motifs is 1. The summed E-state index contributed by atoms with van der Waals surface area (Å²) in [6.07, 6.45) is 0.642. The Morgan fingerprint density at radius 2 is 2.21 bits per heavy atom. The van der Waals surface area contributed by atoms with Gasteiger partial charge in [0, 0.05) is 6.42 Å². The molecule has 19 heavy (non-hydrogen) atoms. The highest BCUT2D eigenvalue weighted by molar-refractivity contribution is 5.79. The molecule has 6 nitrogen and oxygen atoms in total. The van der Waals surface area contributed by atoms with Crippen LogP contribution in [0.15, 0.2) is 18.2 Å². The number of ether oxygens (including phenoxy) is 1. The second-order valence-corrected chi connectivity index (χ2v) is 4.51. The Bertz CT molecular complexity index is 501. The highest BCUT2D eigenvalue weighted by Gasteiger charge is 2.23. The molecule has 1 unspecified atom stereocenters. The normalized spacial score (nSPS) is 16.4. The van der Waals surface area contributed by atoms with Gasteiger partial charge in [0.1, 0.15) is 18.4 Å². The second-order valence-electron chi connectivity index (χ2n) is 4.51. The van der Waals surface area contributed by atoms with Gasteiger partial charge >= 0.3 is 12.0 Å². The molecule has 1 aliphatic heterocycles. The van der Waals surface area contributed by atoms with Crippen molar-refractivity contribution in [2.75, 3.05) is 13.1 Å². The van der Waals surface area contributed by atoms with Crippen molar-refractivity contribution in [3.8, 4) is 5.75 Å². The first-order valence-electron chi connectivity index (χ1n) is 6.04. The van der Waals surface area contributed by atoms with Crippen LogP contribution >= 0.6 is 0 Å². The average molecular weight is 264 g/mol. The molecule has 2 amide bonds. The first-order valence-corrected chi connectivity index (χ1v) is 6.04. The smallest absolute Gasteiger partial charge is 0.323 e. The van der Waals surface area contributed by atoms with E-state index in [-0.39, 0.29) is 6.10 Å². The van der Waals surface area contributed by atoms with Crippen LogP contribution in [0.3, 0.4) is 0 Å². The molecule has 1 aromatic carbocycles. The van der Waals surface area contributed by atoms with E-state index in [9.17, 15) is 9.59 Å². The number of amides is 2. The first-order chi connectivity index (χ1) is 9.04. The molecule has 102 valence electrons. The number of hydrogen-bond acceptors (Lipinski definition) is 3. The molecule has 1 heterocycles. The summed E-state index contributed by atoms with van der Waals surface area (Å²) >= 11 is 0. The van der Waals surface area contributed by atoms with Crippen molar-refractivity contribution in [2.45, 2.75) is 19.4 Å². The molecule has 1 atom stereocenters. The van der Waals surface area contributed by atoms with E-state index in [4.69, 9.17) is 9.84 Å². The van der Waals surface area contributed by atoms with Crippen LogP contribution in [0, 0.1) is 6.92 Å². The molecule has 1 aromatic rings. The maximum absolute atomic E-state index is 11.3. The lowest BCUT2D eigenvalue weighted by molar-refractivity contribution is -0.135. The zero-order chi connectivity index (χ0) is 13.8. The van der Waals surface area contributed by atoms with E-state index >= 15 is 0 Å². The zero-order valence-electron chi connectivity index (χ0n) is 10.6. The Labute approximate surface area is 110 Å². The number of aliphatic carboxylic acids is 1. The molecule has 6 heteroatoms. The predicted molar refractivity (Wildman–Crippen MR) is 68.3 cm³/mol. The fourth-order valence-electron chi connectivity index (χ4n) is 1.99. The van der Waals surface area contributed by atoms with E-state index < -0.39 is 18.5 Å². The lowest BCUT2D eigenvalue weighted by Gasteiger charge is -2.12. The zero-order valence-corrected chi connectivity index (χ0v) is 10.6. The summed E-state index contributed by atoms with van der Waals surface area (Å²) < 4.78 is 5.68. The third-order valence-corrected chi connectivity index (χ3v) is 2.85. The van der Waals surface area contributed by atoms with Crippen molar-refractivity contribution in [2.24, 2.45) is 0 Å². The van der Waals surface area contributed by atoms with E-state index in [1.54, 1.807) is 0 Å². The van der Waals surface area contributed by atoms with Crippen molar-refractivity contribution < 1.29 is 19.4 Å². The molecule has 1 aliphatic rings. The Balaban J connectivity index is 1.78. The van der Waals surface area contributed by atoms with Crippen molar-refractivity contribution in [3.63, 3.8) is 0 Å². The topological polar surface area (TPSA) is 87.7 Å². The van der Waals surface area contributed by atoms with Crippen LogP contribution in [-0.2, 0) is 11.2 Å². The van der Waals surface area contributed by atoms with E-state index in [0.717, 1.165) is 17.7 Å². The number of rotatable bonds is 4. The largest absolute Gasteiger partial charge is 0.488 e. The van der Waals surface area contributed by atoms with Crippen molar-refractivity contribution in [1.29, 1.82) is 0 Å². The Kier molecular flexibility index (Phi) is 3.89. The van der Waals surface area contributed by atoms with Crippen molar-refractivity contribution >= 4 is 12.0 Å². The van der Waals surface area contributed by atoms with Crippen LogP contribution in [0.1, 0.15) is 11.1 Å². The quantitative estimate of drug-likeness (QED) is 0.746. The van der Waals surface area contributed by atoms with Gasteiger partial charge in [0.05, 0.1) is 6.54 Å². The fourth-order valence-corrected chi connectivity index (χ4v) is 1.99. The molecule has 0 saturated heterocycles. The molecule has 3 N–H and O–H groups in total. The molecular weight excluding hydrogens is 248 g/mol. The molecule has 0 aromatic heterocycles.